The van der Waals surface area contributed by atoms with Crippen molar-refractivity contribution in [3.05, 3.63) is 65.7 Å². The zero-order valence-corrected chi connectivity index (χ0v) is 14.4. The third-order valence-corrected chi connectivity index (χ3v) is 3.40. The van der Waals surface area contributed by atoms with Crippen LogP contribution < -0.4 is 10.1 Å². The van der Waals surface area contributed by atoms with Gasteiger partial charge in [-0.15, -0.1) is 0 Å². The largest absolute Gasteiger partial charge is 0.489 e. The molecule has 2 amide bonds. The van der Waals surface area contributed by atoms with E-state index < -0.39 is 24.1 Å². The lowest BCUT2D eigenvalue weighted by Crippen LogP contribution is -2.39. The maximum absolute atomic E-state index is 12.1. The molecule has 1 N–H and O–H groups in total. The summed E-state index contributed by atoms with van der Waals surface area (Å²) in [5.74, 6) is -0.687. The minimum atomic E-state index is -1.14. The first kappa shape index (κ1) is 19.0. The van der Waals surface area contributed by atoms with Gasteiger partial charge in [0.25, 0.3) is 5.91 Å². The number of nitrogens with one attached hydrogen (secondary N) is 1. The summed E-state index contributed by atoms with van der Waals surface area (Å²) in [4.78, 5) is 34.7. The molecule has 0 unspecified atom stereocenters. The molecule has 0 radical (unpaired) electrons. The van der Waals surface area contributed by atoms with Crippen molar-refractivity contribution in [2.24, 2.45) is 0 Å². The Labute approximate surface area is 150 Å². The molecule has 7 heteroatoms. The van der Waals surface area contributed by atoms with Gasteiger partial charge < -0.3 is 14.2 Å². The molecule has 0 aliphatic heterocycles. The average molecular weight is 357 g/mol. The highest BCUT2D eigenvalue weighted by molar-refractivity contribution is 5.97. The maximum Gasteiger partial charge on any atom is 0.413 e. The summed E-state index contributed by atoms with van der Waals surface area (Å²) in [5, 5.41) is 1.93. The summed E-state index contributed by atoms with van der Waals surface area (Å²) in [6, 6.07) is 16.0. The van der Waals surface area contributed by atoms with Gasteiger partial charge in [0, 0.05) is 0 Å². The molecule has 0 aromatic heterocycles. The van der Waals surface area contributed by atoms with Crippen LogP contribution in [-0.2, 0) is 20.9 Å². The van der Waals surface area contributed by atoms with E-state index in [4.69, 9.17) is 9.47 Å². The number of amides is 2. The van der Waals surface area contributed by atoms with E-state index in [-0.39, 0.29) is 5.56 Å². The van der Waals surface area contributed by atoms with E-state index in [0.717, 1.165) is 18.4 Å². The highest BCUT2D eigenvalue weighted by atomic mass is 16.6. The Balaban J connectivity index is 1.87. The van der Waals surface area contributed by atoms with Crippen LogP contribution in [0.2, 0.25) is 0 Å². The quantitative estimate of drug-likeness (QED) is 0.800. The minimum Gasteiger partial charge on any atom is -0.489 e. The van der Waals surface area contributed by atoms with Gasteiger partial charge >= 0.3 is 12.1 Å². The van der Waals surface area contributed by atoms with E-state index >= 15 is 0 Å². The van der Waals surface area contributed by atoms with Gasteiger partial charge in [0.15, 0.2) is 6.10 Å². The first-order chi connectivity index (χ1) is 12.5. The van der Waals surface area contributed by atoms with Gasteiger partial charge in [-0.3, -0.25) is 10.1 Å². The van der Waals surface area contributed by atoms with Crippen molar-refractivity contribution >= 4 is 18.0 Å². The lowest BCUT2D eigenvalue weighted by atomic mass is 10.1. The second-order valence-electron chi connectivity index (χ2n) is 5.33. The third kappa shape index (κ3) is 5.62. The molecule has 0 aliphatic carbocycles. The topological polar surface area (TPSA) is 90.9 Å². The normalized spacial score (nSPS) is 11.2. The highest BCUT2D eigenvalue weighted by Gasteiger charge is 2.21. The molecule has 0 aliphatic rings. The molecule has 0 heterocycles. The molecule has 136 valence electrons. The highest BCUT2D eigenvalue weighted by Crippen LogP contribution is 2.13. The zero-order chi connectivity index (χ0) is 18.9. The van der Waals surface area contributed by atoms with Crippen molar-refractivity contribution in [3.63, 3.8) is 0 Å². The number of benzene rings is 2. The number of hydrogen-bond acceptors (Lipinski definition) is 6. The number of carbonyl (C=O) groups is 3. The molecule has 2 aromatic rings. The van der Waals surface area contributed by atoms with Crippen LogP contribution in [0.3, 0.4) is 0 Å². The molecule has 1 atom stereocenters. The van der Waals surface area contributed by atoms with Crippen LogP contribution in [0.25, 0.3) is 0 Å². The molecular weight excluding hydrogens is 338 g/mol. The Morgan fingerprint density at radius 2 is 1.65 bits per heavy atom. The number of methoxy groups -OCH3 is 1. The van der Waals surface area contributed by atoms with Gasteiger partial charge in [-0.25, -0.2) is 9.59 Å². The summed E-state index contributed by atoms with van der Waals surface area (Å²) in [7, 11) is 1.13. The SMILES string of the molecule is COC(=O)NC(=O)[C@H](C)OC(=O)c1ccc(COc2ccccc2)cc1. The Hall–Kier alpha value is -3.35. The Morgan fingerprint density at radius 1 is 1.00 bits per heavy atom. The second kappa shape index (κ2) is 9.22. The zero-order valence-electron chi connectivity index (χ0n) is 14.4. The molecule has 0 saturated heterocycles. The first-order valence-corrected chi connectivity index (χ1v) is 7.86. The van der Waals surface area contributed by atoms with E-state index in [9.17, 15) is 14.4 Å². The van der Waals surface area contributed by atoms with E-state index in [0.29, 0.717) is 6.61 Å². The summed E-state index contributed by atoms with van der Waals surface area (Å²) >= 11 is 0. The fourth-order valence-corrected chi connectivity index (χ4v) is 1.96. The van der Waals surface area contributed by atoms with Crippen LogP contribution in [0.15, 0.2) is 54.6 Å². The number of rotatable bonds is 6. The Morgan fingerprint density at radius 3 is 2.27 bits per heavy atom. The van der Waals surface area contributed by atoms with Crippen molar-refractivity contribution in [3.8, 4) is 5.75 Å². The summed E-state index contributed by atoms with van der Waals surface area (Å²) in [5.41, 5.74) is 1.16. The number of para-hydroxylation sites is 1. The third-order valence-electron chi connectivity index (χ3n) is 3.40. The van der Waals surface area contributed by atoms with Crippen molar-refractivity contribution < 1.29 is 28.6 Å². The number of alkyl carbamates (subject to hydrolysis) is 1. The first-order valence-electron chi connectivity index (χ1n) is 7.86. The lowest BCUT2D eigenvalue weighted by molar-refractivity contribution is -0.128. The van der Waals surface area contributed by atoms with Gasteiger partial charge in [0.05, 0.1) is 12.7 Å². The van der Waals surface area contributed by atoms with Crippen LogP contribution in [0, 0.1) is 0 Å². The Bertz CT molecular complexity index is 757. The van der Waals surface area contributed by atoms with E-state index in [1.54, 1.807) is 24.3 Å². The fraction of sp³-hybridized carbons (Fsp3) is 0.211. The molecule has 2 aromatic carbocycles. The second-order valence-corrected chi connectivity index (χ2v) is 5.33. The van der Waals surface area contributed by atoms with Crippen LogP contribution in [-0.4, -0.2) is 31.2 Å². The van der Waals surface area contributed by atoms with Gasteiger partial charge in [-0.2, -0.15) is 0 Å². The van der Waals surface area contributed by atoms with Crippen LogP contribution in [0.1, 0.15) is 22.8 Å². The van der Waals surface area contributed by atoms with Crippen LogP contribution >= 0.6 is 0 Å². The molecule has 0 bridgehead atoms. The van der Waals surface area contributed by atoms with E-state index in [2.05, 4.69) is 4.74 Å². The van der Waals surface area contributed by atoms with Gasteiger partial charge in [0.1, 0.15) is 12.4 Å². The molecule has 0 saturated carbocycles. The molecule has 7 nitrogen and oxygen atoms in total. The number of hydrogen-bond donors (Lipinski definition) is 1. The fourth-order valence-electron chi connectivity index (χ4n) is 1.96. The predicted octanol–water partition coefficient (Wildman–Crippen LogP) is 2.69. The molecule has 26 heavy (non-hydrogen) atoms. The smallest absolute Gasteiger partial charge is 0.413 e. The van der Waals surface area contributed by atoms with E-state index in [1.807, 2.05) is 35.6 Å². The predicted molar refractivity (Wildman–Crippen MR) is 92.6 cm³/mol. The summed E-state index contributed by atoms with van der Waals surface area (Å²) in [6.45, 7) is 1.72. The average Bonchev–Trinajstić information content (AvgIpc) is 2.67. The van der Waals surface area contributed by atoms with Gasteiger partial charge in [-0.1, -0.05) is 30.3 Å². The van der Waals surface area contributed by atoms with Crippen LogP contribution in [0.4, 0.5) is 4.79 Å². The summed E-state index contributed by atoms with van der Waals surface area (Å²) < 4.78 is 15.0. The number of carbonyl (C=O) groups excluding carboxylic acids is 3. The van der Waals surface area contributed by atoms with Crippen molar-refractivity contribution in [1.29, 1.82) is 0 Å². The number of esters is 1. The van der Waals surface area contributed by atoms with Crippen molar-refractivity contribution in [2.45, 2.75) is 19.6 Å². The van der Waals surface area contributed by atoms with Gasteiger partial charge in [0.2, 0.25) is 0 Å². The molecule has 2 rings (SSSR count). The molecule has 0 spiro atoms. The van der Waals surface area contributed by atoms with E-state index in [1.165, 1.54) is 6.92 Å². The molecule has 0 fully saturated rings. The maximum atomic E-state index is 12.1. The van der Waals surface area contributed by atoms with Crippen LogP contribution in [0.5, 0.6) is 5.75 Å². The van der Waals surface area contributed by atoms with Crippen molar-refractivity contribution in [2.75, 3.05) is 7.11 Å². The summed E-state index contributed by atoms with van der Waals surface area (Å²) in [6.07, 6.45) is -2.05. The standard InChI is InChI=1S/C19H19NO6/c1-13(17(21)20-19(23)24-2)26-18(22)15-10-8-14(9-11-15)12-25-16-6-4-3-5-7-16/h3-11,13H,12H2,1-2H3,(H,20,21,23)/t13-/m0/s1. The number of imide groups is 1. The van der Waals surface area contributed by atoms with Gasteiger partial charge in [-0.05, 0) is 36.8 Å². The lowest BCUT2D eigenvalue weighted by Gasteiger charge is -2.12. The monoisotopic (exact) mass is 357 g/mol. The molecular formula is C19H19NO6. The van der Waals surface area contributed by atoms with Crippen molar-refractivity contribution in [1.82, 2.24) is 5.32 Å². The number of ether oxygens (including phenoxy) is 3. The minimum absolute atomic E-state index is 0.283. The Kier molecular flexibility index (Phi) is 6.73.